The molecule has 2 aliphatic heterocycles. The molecule has 5 rings (SSSR count). The van der Waals surface area contributed by atoms with Gasteiger partial charge in [0.05, 0.1) is 6.20 Å². The number of fused-ring (bicyclic) bond motifs is 1. The van der Waals surface area contributed by atoms with Gasteiger partial charge >= 0.3 is 0 Å². The van der Waals surface area contributed by atoms with Crippen LogP contribution >= 0.6 is 0 Å². The number of para-hydroxylation sites is 1. The zero-order valence-corrected chi connectivity index (χ0v) is 15.9. The summed E-state index contributed by atoms with van der Waals surface area (Å²) in [5.41, 5.74) is 2.60. The van der Waals surface area contributed by atoms with Crippen molar-refractivity contribution in [2.45, 2.75) is 38.4 Å². The molecule has 4 heterocycles. The summed E-state index contributed by atoms with van der Waals surface area (Å²) in [7, 11) is 0. The fourth-order valence-corrected chi connectivity index (χ4v) is 4.60. The molecule has 6 nitrogen and oxygen atoms in total. The minimum atomic E-state index is -0.259. The van der Waals surface area contributed by atoms with Crippen molar-refractivity contribution in [1.82, 2.24) is 24.6 Å². The van der Waals surface area contributed by atoms with E-state index in [9.17, 15) is 4.39 Å². The summed E-state index contributed by atoms with van der Waals surface area (Å²) < 4.78 is 15.6. The Hall–Kier alpha value is -2.80. The van der Waals surface area contributed by atoms with Gasteiger partial charge in [0.15, 0.2) is 0 Å². The standard InChI is InChI=1S/C21H23FN6/c1-15-10-21(24-14-23-15)27-9-7-19-20(27)6-8-26(19)12-16-11-25-28(13-16)18-5-3-2-4-17(18)22/h2-5,10-11,13-14,19-20H,6-9,12H2,1H3/t19-,20-/m0/s1. The molecule has 1 aromatic carbocycles. The Bertz CT molecular complexity index is 986. The first-order chi connectivity index (χ1) is 13.7. The number of hydrogen-bond donors (Lipinski definition) is 0. The highest BCUT2D eigenvalue weighted by Crippen LogP contribution is 2.35. The average Bonchev–Trinajstić information content (AvgIpc) is 3.40. The summed E-state index contributed by atoms with van der Waals surface area (Å²) in [5, 5.41) is 4.37. The van der Waals surface area contributed by atoms with Gasteiger partial charge < -0.3 is 4.90 Å². The molecule has 0 radical (unpaired) electrons. The van der Waals surface area contributed by atoms with E-state index < -0.39 is 0 Å². The van der Waals surface area contributed by atoms with E-state index in [0.717, 1.165) is 49.6 Å². The zero-order chi connectivity index (χ0) is 19.1. The van der Waals surface area contributed by atoms with E-state index in [0.29, 0.717) is 17.8 Å². The maximum atomic E-state index is 14.0. The number of anilines is 1. The number of hydrogen-bond acceptors (Lipinski definition) is 5. The lowest BCUT2D eigenvalue weighted by molar-refractivity contribution is 0.246. The van der Waals surface area contributed by atoms with Crippen molar-refractivity contribution < 1.29 is 4.39 Å². The van der Waals surface area contributed by atoms with Crippen LogP contribution in [0.15, 0.2) is 49.1 Å². The van der Waals surface area contributed by atoms with Crippen LogP contribution in [0.2, 0.25) is 0 Å². The van der Waals surface area contributed by atoms with Crippen molar-refractivity contribution in [3.05, 3.63) is 66.1 Å². The van der Waals surface area contributed by atoms with Gasteiger partial charge in [-0.1, -0.05) is 12.1 Å². The Morgan fingerprint density at radius 2 is 1.96 bits per heavy atom. The lowest BCUT2D eigenvalue weighted by Gasteiger charge is -2.26. The van der Waals surface area contributed by atoms with Gasteiger partial charge in [0.2, 0.25) is 0 Å². The van der Waals surface area contributed by atoms with Crippen LogP contribution in [0, 0.1) is 12.7 Å². The van der Waals surface area contributed by atoms with Crippen LogP contribution in [-0.2, 0) is 6.54 Å². The molecule has 7 heteroatoms. The molecule has 0 N–H and O–H groups in total. The Labute approximate surface area is 163 Å². The van der Waals surface area contributed by atoms with E-state index >= 15 is 0 Å². The maximum absolute atomic E-state index is 14.0. The number of likely N-dealkylation sites (tertiary alicyclic amines) is 1. The van der Waals surface area contributed by atoms with Gasteiger partial charge in [-0.3, -0.25) is 4.90 Å². The smallest absolute Gasteiger partial charge is 0.148 e. The van der Waals surface area contributed by atoms with Gasteiger partial charge in [0.25, 0.3) is 0 Å². The third-order valence-electron chi connectivity index (χ3n) is 5.90. The lowest BCUT2D eigenvalue weighted by Crippen LogP contribution is -2.36. The van der Waals surface area contributed by atoms with E-state index in [1.807, 2.05) is 25.4 Å². The first-order valence-electron chi connectivity index (χ1n) is 9.77. The second-order valence-corrected chi connectivity index (χ2v) is 7.64. The topological polar surface area (TPSA) is 50.1 Å². The monoisotopic (exact) mass is 378 g/mol. The molecule has 2 aliphatic rings. The van der Waals surface area contributed by atoms with E-state index in [-0.39, 0.29) is 5.82 Å². The molecule has 28 heavy (non-hydrogen) atoms. The average molecular weight is 378 g/mol. The molecule has 0 bridgehead atoms. The normalized spacial score (nSPS) is 22.0. The van der Waals surface area contributed by atoms with E-state index in [1.54, 1.807) is 23.1 Å². The maximum Gasteiger partial charge on any atom is 0.148 e. The van der Waals surface area contributed by atoms with Crippen LogP contribution in [0.3, 0.4) is 0 Å². The van der Waals surface area contributed by atoms with Gasteiger partial charge in [-0.25, -0.2) is 19.0 Å². The third kappa shape index (κ3) is 3.05. The van der Waals surface area contributed by atoms with Crippen molar-refractivity contribution in [3.63, 3.8) is 0 Å². The lowest BCUT2D eigenvalue weighted by atomic mass is 10.1. The van der Waals surface area contributed by atoms with Crippen LogP contribution in [0.4, 0.5) is 10.2 Å². The molecule has 0 aliphatic carbocycles. The second kappa shape index (κ2) is 6.98. The Morgan fingerprint density at radius 1 is 1.11 bits per heavy atom. The van der Waals surface area contributed by atoms with Crippen molar-refractivity contribution in [2.75, 3.05) is 18.0 Å². The fraction of sp³-hybridized carbons (Fsp3) is 0.381. The largest absolute Gasteiger partial charge is 0.352 e. The minimum Gasteiger partial charge on any atom is -0.352 e. The number of nitrogens with zero attached hydrogens (tertiary/aromatic N) is 6. The van der Waals surface area contributed by atoms with Crippen LogP contribution < -0.4 is 4.90 Å². The Balaban J connectivity index is 1.30. The highest BCUT2D eigenvalue weighted by atomic mass is 19.1. The number of aryl methyl sites for hydroxylation is 1. The van der Waals surface area contributed by atoms with E-state index in [1.165, 1.54) is 6.07 Å². The molecule has 0 unspecified atom stereocenters. The molecule has 2 fully saturated rings. The van der Waals surface area contributed by atoms with Gasteiger partial charge in [0, 0.05) is 55.2 Å². The first-order valence-corrected chi connectivity index (χ1v) is 9.77. The molecule has 2 atom stereocenters. The van der Waals surface area contributed by atoms with Crippen molar-refractivity contribution >= 4 is 5.82 Å². The van der Waals surface area contributed by atoms with Gasteiger partial charge in [-0.2, -0.15) is 5.10 Å². The molecular weight excluding hydrogens is 355 g/mol. The predicted molar refractivity (Wildman–Crippen MR) is 105 cm³/mol. The van der Waals surface area contributed by atoms with Gasteiger partial charge in [0.1, 0.15) is 23.6 Å². The van der Waals surface area contributed by atoms with Gasteiger partial charge in [-0.05, 0) is 31.9 Å². The van der Waals surface area contributed by atoms with Crippen molar-refractivity contribution in [2.24, 2.45) is 0 Å². The van der Waals surface area contributed by atoms with E-state index in [2.05, 4.69) is 30.9 Å². The quantitative estimate of drug-likeness (QED) is 0.699. The number of rotatable bonds is 4. The van der Waals surface area contributed by atoms with Crippen LogP contribution in [0.25, 0.3) is 5.69 Å². The number of benzene rings is 1. The molecule has 0 saturated carbocycles. The Morgan fingerprint density at radius 3 is 2.82 bits per heavy atom. The summed E-state index contributed by atoms with van der Waals surface area (Å²) in [6.07, 6.45) is 7.71. The number of aromatic nitrogens is 4. The van der Waals surface area contributed by atoms with Crippen LogP contribution in [-0.4, -0.2) is 49.8 Å². The van der Waals surface area contributed by atoms with Crippen LogP contribution in [0.5, 0.6) is 0 Å². The first kappa shape index (κ1) is 17.3. The number of halogens is 1. The Kier molecular flexibility index (Phi) is 4.31. The SMILES string of the molecule is Cc1cc(N2CC[C@H]3[C@@H]2CCN3Cc2cnn(-c3ccccc3F)c2)ncn1. The third-order valence-corrected chi connectivity index (χ3v) is 5.90. The second-order valence-electron chi connectivity index (χ2n) is 7.64. The fourth-order valence-electron chi connectivity index (χ4n) is 4.60. The minimum absolute atomic E-state index is 0.259. The molecule has 0 spiro atoms. The highest BCUT2D eigenvalue weighted by molar-refractivity contribution is 5.43. The summed E-state index contributed by atoms with van der Waals surface area (Å²) in [4.78, 5) is 13.7. The van der Waals surface area contributed by atoms with Crippen LogP contribution in [0.1, 0.15) is 24.1 Å². The summed E-state index contributed by atoms with van der Waals surface area (Å²) in [6.45, 7) is 4.93. The molecule has 144 valence electrons. The molecular formula is C21H23FN6. The zero-order valence-electron chi connectivity index (χ0n) is 15.9. The summed E-state index contributed by atoms with van der Waals surface area (Å²) >= 11 is 0. The summed E-state index contributed by atoms with van der Waals surface area (Å²) in [6, 6.07) is 9.82. The molecule has 3 aromatic rings. The predicted octanol–water partition coefficient (Wildman–Crippen LogP) is 2.96. The molecule has 2 aromatic heterocycles. The summed E-state index contributed by atoms with van der Waals surface area (Å²) in [5.74, 6) is 0.777. The highest BCUT2D eigenvalue weighted by Gasteiger charge is 2.42. The van der Waals surface area contributed by atoms with Crippen molar-refractivity contribution in [1.29, 1.82) is 0 Å². The van der Waals surface area contributed by atoms with E-state index in [4.69, 9.17) is 0 Å². The van der Waals surface area contributed by atoms with Crippen molar-refractivity contribution in [3.8, 4) is 5.69 Å². The van der Waals surface area contributed by atoms with Gasteiger partial charge in [-0.15, -0.1) is 0 Å². The molecule has 0 amide bonds. The molecule has 2 saturated heterocycles.